The van der Waals surface area contributed by atoms with Crippen molar-refractivity contribution >= 4 is 71.1 Å². The topological polar surface area (TPSA) is 85.5 Å². The number of aromatic nitrogens is 1. The summed E-state index contributed by atoms with van der Waals surface area (Å²) >= 11 is 6.33. The van der Waals surface area contributed by atoms with E-state index >= 15 is 0 Å². The fourth-order valence-corrected chi connectivity index (χ4v) is 4.74. The Balaban J connectivity index is 0.00000289. The number of nitrogens with two attached hydrogens (primary N) is 1. The van der Waals surface area contributed by atoms with Crippen molar-refractivity contribution in [3.63, 3.8) is 0 Å². The van der Waals surface area contributed by atoms with Gasteiger partial charge in [0, 0.05) is 30.4 Å². The first-order valence-corrected chi connectivity index (χ1v) is 11.6. The van der Waals surface area contributed by atoms with Gasteiger partial charge in [-0.3, -0.25) is 9.78 Å². The van der Waals surface area contributed by atoms with Crippen molar-refractivity contribution in [1.82, 2.24) is 10.0 Å². The lowest BCUT2D eigenvalue weighted by molar-refractivity contribution is -0.176. The molecule has 0 radical (unpaired) electrons. The minimum atomic E-state index is -0.607. The van der Waals surface area contributed by atoms with E-state index in [1.165, 1.54) is 6.92 Å². The van der Waals surface area contributed by atoms with Crippen LogP contribution in [0.5, 0.6) is 0 Å². The molecule has 34 heavy (non-hydrogen) atoms. The first-order valence-electron chi connectivity index (χ1n) is 10.4. The number of pyridine rings is 1. The first-order chi connectivity index (χ1) is 15.1. The Labute approximate surface area is 222 Å². The predicted octanol–water partition coefficient (Wildman–Crippen LogP) is 5.55. The van der Waals surface area contributed by atoms with Crippen LogP contribution in [0.15, 0.2) is 29.2 Å². The molecule has 184 valence electrons. The molecule has 1 fully saturated rings. The van der Waals surface area contributed by atoms with Gasteiger partial charge < -0.3 is 10.6 Å². The highest BCUT2D eigenvalue weighted by Crippen LogP contribution is 2.38. The highest BCUT2D eigenvalue weighted by molar-refractivity contribution is 8.26. The van der Waals surface area contributed by atoms with Crippen molar-refractivity contribution in [2.75, 3.05) is 0 Å². The van der Waals surface area contributed by atoms with E-state index in [0.29, 0.717) is 17.4 Å². The summed E-state index contributed by atoms with van der Waals surface area (Å²) in [4.78, 5) is 34.4. The van der Waals surface area contributed by atoms with Gasteiger partial charge in [-0.25, -0.2) is 4.79 Å². The summed E-state index contributed by atoms with van der Waals surface area (Å²) in [5.74, 6) is -0.655. The number of amides is 1. The van der Waals surface area contributed by atoms with Crippen LogP contribution in [0.4, 0.5) is 0 Å². The molecule has 0 aliphatic carbocycles. The zero-order valence-corrected chi connectivity index (χ0v) is 23.0. The van der Waals surface area contributed by atoms with Gasteiger partial charge in [0.05, 0.1) is 4.91 Å². The molecule has 0 unspecified atom stereocenters. The molecule has 1 saturated heterocycles. The van der Waals surface area contributed by atoms with Crippen molar-refractivity contribution < 1.29 is 14.4 Å². The number of benzene rings is 1. The van der Waals surface area contributed by atoms with E-state index in [0.717, 1.165) is 62.5 Å². The lowest BCUT2D eigenvalue weighted by Gasteiger charge is -2.20. The number of aryl methyl sites for hydroxylation is 2. The molecule has 0 saturated carbocycles. The zero-order valence-electron chi connectivity index (χ0n) is 19.7. The second-order valence-corrected chi connectivity index (χ2v) is 9.81. The lowest BCUT2D eigenvalue weighted by atomic mass is 9.89. The number of hydrogen-bond donors (Lipinski definition) is 1. The van der Waals surface area contributed by atoms with Crippen molar-refractivity contribution in [2.45, 2.75) is 47.6 Å². The van der Waals surface area contributed by atoms with Gasteiger partial charge in [-0.15, -0.1) is 29.9 Å². The minimum Gasteiger partial charge on any atom is -0.332 e. The van der Waals surface area contributed by atoms with Crippen LogP contribution in [0.2, 0.25) is 0 Å². The van der Waals surface area contributed by atoms with Gasteiger partial charge in [-0.2, -0.15) is 0 Å². The minimum absolute atomic E-state index is 0. The van der Waals surface area contributed by atoms with Crippen LogP contribution in [-0.4, -0.2) is 26.2 Å². The van der Waals surface area contributed by atoms with Gasteiger partial charge in [-0.1, -0.05) is 55.4 Å². The Bertz CT molecular complexity index is 1120. The van der Waals surface area contributed by atoms with E-state index in [1.807, 2.05) is 13.8 Å². The second kappa shape index (κ2) is 12.7. The van der Waals surface area contributed by atoms with E-state index in [1.54, 1.807) is 6.08 Å². The summed E-state index contributed by atoms with van der Waals surface area (Å²) in [6.45, 7) is 9.83. The van der Waals surface area contributed by atoms with Gasteiger partial charge in [0.2, 0.25) is 0 Å². The molecule has 1 amide bonds. The first kappa shape index (κ1) is 30.1. The second-order valence-electron chi connectivity index (χ2n) is 8.14. The number of carbonyl (C=O) groups is 2. The molecule has 1 aromatic heterocycles. The third kappa shape index (κ3) is 6.58. The number of rotatable bonds is 6. The Hall–Kier alpha value is -1.97. The van der Waals surface area contributed by atoms with Gasteiger partial charge in [0.25, 0.3) is 5.91 Å². The monoisotopic (exact) mass is 541 g/mol. The summed E-state index contributed by atoms with van der Waals surface area (Å²) in [5, 5.41) is 0.861. The van der Waals surface area contributed by atoms with E-state index < -0.39 is 11.9 Å². The molecule has 0 spiro atoms. The maximum Gasteiger partial charge on any atom is 0.330 e. The normalized spacial score (nSPS) is 14.3. The molecule has 2 aromatic rings. The molecule has 3 rings (SSSR count). The predicted molar refractivity (Wildman–Crippen MR) is 147 cm³/mol. The molecule has 1 aliphatic rings. The Kier molecular flexibility index (Phi) is 11.2. The van der Waals surface area contributed by atoms with Crippen molar-refractivity contribution in [2.24, 2.45) is 11.7 Å². The third-order valence-electron chi connectivity index (χ3n) is 5.01. The molecule has 10 heteroatoms. The van der Waals surface area contributed by atoms with Crippen molar-refractivity contribution in [1.29, 1.82) is 0 Å². The zero-order chi connectivity index (χ0) is 23.6. The Morgan fingerprint density at radius 1 is 1.24 bits per heavy atom. The number of thioether (sulfide) groups is 1. The van der Waals surface area contributed by atoms with Crippen LogP contribution >= 0.6 is 48.8 Å². The fraction of sp³-hybridized carbons (Fsp3) is 0.333. The van der Waals surface area contributed by atoms with Crippen molar-refractivity contribution in [3.8, 4) is 11.1 Å². The SMILES string of the molecule is CC(=O)ON1C(=O)C(=Cc2c(C)nc(CC(C)C)c(CN)c2-c2ccc(C)cc2)SC1=S.Cl.Cl. The molecule has 6 nitrogen and oxygen atoms in total. The Morgan fingerprint density at radius 2 is 1.85 bits per heavy atom. The molecule has 0 atom stereocenters. The van der Waals surface area contributed by atoms with E-state index in [-0.39, 0.29) is 29.1 Å². The average molecular weight is 543 g/mol. The molecular formula is C24H29Cl2N3O3S2. The molecule has 2 heterocycles. The quantitative estimate of drug-likeness (QED) is 0.379. The summed E-state index contributed by atoms with van der Waals surface area (Å²) in [6, 6.07) is 8.22. The largest absolute Gasteiger partial charge is 0.332 e. The summed E-state index contributed by atoms with van der Waals surface area (Å²) in [6.07, 6.45) is 2.58. The van der Waals surface area contributed by atoms with Gasteiger partial charge in [0.1, 0.15) is 0 Å². The number of hydroxylamine groups is 2. The average Bonchev–Trinajstić information content (AvgIpc) is 2.97. The van der Waals surface area contributed by atoms with Crippen molar-refractivity contribution in [3.05, 3.63) is 57.2 Å². The maximum absolute atomic E-state index is 12.9. The highest BCUT2D eigenvalue weighted by atomic mass is 35.5. The van der Waals surface area contributed by atoms with Crippen LogP contribution in [0, 0.1) is 19.8 Å². The Morgan fingerprint density at radius 3 is 2.38 bits per heavy atom. The number of nitrogens with zero attached hydrogens (tertiary/aromatic N) is 2. The lowest BCUT2D eigenvalue weighted by Crippen LogP contribution is -2.30. The summed E-state index contributed by atoms with van der Waals surface area (Å²) in [7, 11) is 0. The van der Waals surface area contributed by atoms with Crippen LogP contribution in [0.25, 0.3) is 17.2 Å². The number of halogens is 2. The number of carbonyl (C=O) groups excluding carboxylic acids is 2. The summed E-state index contributed by atoms with van der Waals surface area (Å²) < 4.78 is 0.175. The summed E-state index contributed by atoms with van der Waals surface area (Å²) in [5.41, 5.74) is 12.9. The number of thiocarbonyl (C=S) groups is 1. The fourth-order valence-electron chi connectivity index (χ4n) is 3.61. The van der Waals surface area contributed by atoms with Gasteiger partial charge in [-0.05, 0) is 61.2 Å². The van der Waals surface area contributed by atoms with Crippen LogP contribution < -0.4 is 5.73 Å². The third-order valence-corrected chi connectivity index (χ3v) is 6.28. The van der Waals surface area contributed by atoms with E-state index in [9.17, 15) is 9.59 Å². The van der Waals surface area contributed by atoms with Crippen LogP contribution in [0.1, 0.15) is 48.8 Å². The van der Waals surface area contributed by atoms with Gasteiger partial charge in [0.15, 0.2) is 4.32 Å². The smallest absolute Gasteiger partial charge is 0.330 e. The van der Waals surface area contributed by atoms with Crippen LogP contribution in [0.3, 0.4) is 0 Å². The molecular weight excluding hydrogens is 513 g/mol. The van der Waals surface area contributed by atoms with E-state index in [4.69, 9.17) is 27.8 Å². The van der Waals surface area contributed by atoms with Crippen LogP contribution in [-0.2, 0) is 27.4 Å². The standard InChI is InChI=1S/C24H27N3O3S2.2ClH/c1-13(2)10-20-19(12-25)22(17-8-6-14(3)7-9-17)18(15(4)26-20)11-21-23(29)27(24(31)32-21)30-16(5)28;;/h6-9,11,13H,10,12,25H2,1-5H3;2*1H. The molecule has 1 aliphatic heterocycles. The van der Waals surface area contributed by atoms with E-state index in [2.05, 4.69) is 38.1 Å². The molecule has 1 aromatic carbocycles. The number of hydrogen-bond acceptors (Lipinski definition) is 7. The maximum atomic E-state index is 12.9. The highest BCUT2D eigenvalue weighted by Gasteiger charge is 2.35. The van der Waals surface area contributed by atoms with Gasteiger partial charge >= 0.3 is 5.97 Å². The molecule has 2 N–H and O–H groups in total. The molecule has 0 bridgehead atoms.